The number of benzene rings is 3. The Kier molecular flexibility index (Phi) is 8.98. The molecule has 1 aliphatic heterocycles. The maximum Gasteiger partial charge on any atom is 0.318 e. The number of nitrogens with two attached hydrogens (primary N) is 1. The fourth-order valence-corrected chi connectivity index (χ4v) is 5.02. The van der Waals surface area contributed by atoms with Crippen LogP contribution in [-0.2, 0) is 6.54 Å². The van der Waals surface area contributed by atoms with Gasteiger partial charge in [-0.2, -0.15) is 0 Å². The molecule has 202 valence electrons. The van der Waals surface area contributed by atoms with E-state index in [1.807, 2.05) is 59.5 Å². The van der Waals surface area contributed by atoms with Crippen LogP contribution in [0.15, 0.2) is 84.9 Å². The molecule has 0 radical (unpaired) electrons. The number of piperazine rings is 1. The number of amides is 2. The topological polar surface area (TPSA) is 90.0 Å². The Bertz CT molecular complexity index is 1300. The SMILES string of the molecule is C[NH2+]CCCNc1nc(CN2CCN(C(=O)NC(c3ccccc3)c3ccccc3)CC2)nc2ccccc12. The number of carbonyl (C=O) groups excluding carboxylic acids is 1. The lowest BCUT2D eigenvalue weighted by Gasteiger charge is -2.35. The van der Waals surface area contributed by atoms with Crippen LogP contribution in [0.1, 0.15) is 29.4 Å². The van der Waals surface area contributed by atoms with Crippen LogP contribution in [0.3, 0.4) is 0 Å². The Morgan fingerprint density at radius 2 is 1.51 bits per heavy atom. The molecule has 2 heterocycles. The molecule has 4 N–H and O–H groups in total. The quantitative estimate of drug-likeness (QED) is 0.277. The van der Waals surface area contributed by atoms with E-state index in [2.05, 4.69) is 58.2 Å². The summed E-state index contributed by atoms with van der Waals surface area (Å²) in [5, 5.41) is 10.0. The third kappa shape index (κ3) is 6.90. The lowest BCUT2D eigenvalue weighted by Crippen LogP contribution is -2.79. The number of nitrogens with zero attached hydrogens (tertiary/aromatic N) is 4. The number of anilines is 1. The molecule has 0 spiro atoms. The molecule has 0 atom stereocenters. The van der Waals surface area contributed by atoms with E-state index in [1.165, 1.54) is 0 Å². The first-order chi connectivity index (χ1) is 19.2. The Morgan fingerprint density at radius 1 is 0.872 bits per heavy atom. The van der Waals surface area contributed by atoms with E-state index < -0.39 is 0 Å². The highest BCUT2D eigenvalue weighted by atomic mass is 16.2. The fraction of sp³-hybridized carbons (Fsp3) is 0.323. The van der Waals surface area contributed by atoms with Gasteiger partial charge in [0.05, 0.1) is 31.7 Å². The summed E-state index contributed by atoms with van der Waals surface area (Å²) in [6, 6.07) is 28.2. The molecule has 1 fully saturated rings. The highest BCUT2D eigenvalue weighted by molar-refractivity contribution is 5.89. The molecule has 39 heavy (non-hydrogen) atoms. The summed E-state index contributed by atoms with van der Waals surface area (Å²) in [5.41, 5.74) is 3.10. The first-order valence-corrected chi connectivity index (χ1v) is 13.9. The van der Waals surface area contributed by atoms with E-state index >= 15 is 0 Å². The van der Waals surface area contributed by atoms with Crippen molar-refractivity contribution in [3.63, 3.8) is 0 Å². The third-order valence-corrected chi connectivity index (χ3v) is 7.17. The second-order valence-electron chi connectivity index (χ2n) is 9.95. The van der Waals surface area contributed by atoms with Crippen molar-refractivity contribution in [1.29, 1.82) is 0 Å². The summed E-state index contributed by atoms with van der Waals surface area (Å²) in [5.74, 6) is 1.71. The third-order valence-electron chi connectivity index (χ3n) is 7.17. The van der Waals surface area contributed by atoms with Crippen molar-refractivity contribution in [2.24, 2.45) is 0 Å². The van der Waals surface area contributed by atoms with Crippen molar-refractivity contribution in [3.8, 4) is 0 Å². The molecule has 1 saturated heterocycles. The molecule has 0 unspecified atom stereocenters. The zero-order chi connectivity index (χ0) is 26.9. The predicted octanol–water partition coefficient (Wildman–Crippen LogP) is 3.24. The number of nitrogens with one attached hydrogen (secondary N) is 2. The highest BCUT2D eigenvalue weighted by Crippen LogP contribution is 2.23. The fourth-order valence-electron chi connectivity index (χ4n) is 5.02. The monoisotopic (exact) mass is 524 g/mol. The van der Waals surface area contributed by atoms with Crippen LogP contribution in [-0.4, -0.2) is 72.1 Å². The van der Waals surface area contributed by atoms with E-state index in [9.17, 15) is 4.79 Å². The van der Waals surface area contributed by atoms with E-state index in [0.29, 0.717) is 19.6 Å². The van der Waals surface area contributed by atoms with Crippen molar-refractivity contribution >= 4 is 22.8 Å². The van der Waals surface area contributed by atoms with Gasteiger partial charge in [0, 0.05) is 44.5 Å². The molecule has 0 aliphatic carbocycles. The minimum Gasteiger partial charge on any atom is -0.369 e. The average Bonchev–Trinajstić information content (AvgIpc) is 2.99. The minimum atomic E-state index is -0.190. The molecule has 3 aromatic carbocycles. The number of aromatic nitrogens is 2. The van der Waals surface area contributed by atoms with Crippen molar-refractivity contribution in [2.75, 3.05) is 51.6 Å². The van der Waals surface area contributed by atoms with Crippen LogP contribution in [0, 0.1) is 0 Å². The number of rotatable bonds is 10. The summed E-state index contributed by atoms with van der Waals surface area (Å²) in [7, 11) is 2.09. The second kappa shape index (κ2) is 13.2. The summed E-state index contributed by atoms with van der Waals surface area (Å²) < 4.78 is 0. The van der Waals surface area contributed by atoms with Crippen LogP contribution in [0.25, 0.3) is 10.9 Å². The Morgan fingerprint density at radius 3 is 2.18 bits per heavy atom. The molecule has 8 heteroatoms. The van der Waals surface area contributed by atoms with Crippen LogP contribution in [0.4, 0.5) is 10.6 Å². The molecule has 1 aromatic heterocycles. The Balaban J connectivity index is 1.21. The number of urea groups is 1. The largest absolute Gasteiger partial charge is 0.369 e. The number of fused-ring (bicyclic) bond motifs is 1. The summed E-state index contributed by atoms with van der Waals surface area (Å²) in [4.78, 5) is 27.3. The van der Waals surface area contributed by atoms with Gasteiger partial charge in [-0.25, -0.2) is 14.8 Å². The van der Waals surface area contributed by atoms with Crippen molar-refractivity contribution in [1.82, 2.24) is 25.1 Å². The first kappa shape index (κ1) is 26.6. The number of hydrogen-bond acceptors (Lipinski definition) is 5. The number of para-hydroxylation sites is 1. The van der Waals surface area contributed by atoms with Crippen LogP contribution < -0.4 is 16.0 Å². The first-order valence-electron chi connectivity index (χ1n) is 13.9. The van der Waals surface area contributed by atoms with Gasteiger partial charge in [-0.3, -0.25) is 4.90 Å². The molecule has 1 aliphatic rings. The van der Waals surface area contributed by atoms with Crippen LogP contribution in [0.5, 0.6) is 0 Å². The molecule has 8 nitrogen and oxygen atoms in total. The van der Waals surface area contributed by atoms with Gasteiger partial charge in [0.25, 0.3) is 0 Å². The van der Waals surface area contributed by atoms with E-state index in [-0.39, 0.29) is 12.1 Å². The van der Waals surface area contributed by atoms with Gasteiger partial charge in [-0.1, -0.05) is 72.8 Å². The van der Waals surface area contributed by atoms with Gasteiger partial charge >= 0.3 is 6.03 Å². The summed E-state index contributed by atoms with van der Waals surface area (Å²) >= 11 is 0. The second-order valence-corrected chi connectivity index (χ2v) is 9.95. The molecule has 4 aromatic rings. The molecule has 5 rings (SSSR count). The Hall–Kier alpha value is -4.01. The van der Waals surface area contributed by atoms with Crippen molar-refractivity contribution in [3.05, 3.63) is 102 Å². The number of hydrogen-bond donors (Lipinski definition) is 3. The van der Waals surface area contributed by atoms with Gasteiger partial charge in [-0.05, 0) is 23.3 Å². The molecule has 0 bridgehead atoms. The van der Waals surface area contributed by atoms with E-state index in [0.717, 1.165) is 66.3 Å². The maximum absolute atomic E-state index is 13.3. The van der Waals surface area contributed by atoms with Gasteiger partial charge in [0.2, 0.25) is 0 Å². The van der Waals surface area contributed by atoms with Crippen molar-refractivity contribution < 1.29 is 10.1 Å². The number of carbonyl (C=O) groups is 1. The van der Waals surface area contributed by atoms with Gasteiger partial charge in [-0.15, -0.1) is 0 Å². The predicted molar refractivity (Wildman–Crippen MR) is 155 cm³/mol. The van der Waals surface area contributed by atoms with E-state index in [4.69, 9.17) is 9.97 Å². The lowest BCUT2D eigenvalue weighted by atomic mass is 9.99. The lowest BCUT2D eigenvalue weighted by molar-refractivity contribution is -0.626. The molecule has 2 amide bonds. The highest BCUT2D eigenvalue weighted by Gasteiger charge is 2.25. The maximum atomic E-state index is 13.3. The number of quaternary nitrogens is 1. The standard InChI is InChI=1S/C31H37N7O/c1-32-17-10-18-33-30-26-15-8-9-16-27(26)34-28(35-30)23-37-19-21-38(22-20-37)31(39)36-29(24-11-4-2-5-12-24)25-13-6-3-7-14-25/h2-9,11-16,29,32H,10,17-23H2,1H3,(H,36,39)(H,33,34,35)/p+1. The molecular formula is C31H38N7O+. The minimum absolute atomic E-state index is 0.0369. The zero-order valence-corrected chi connectivity index (χ0v) is 22.6. The smallest absolute Gasteiger partial charge is 0.318 e. The molecular weight excluding hydrogens is 486 g/mol. The van der Waals surface area contributed by atoms with Crippen molar-refractivity contribution in [2.45, 2.75) is 19.0 Å². The Labute approximate surface area is 230 Å². The van der Waals surface area contributed by atoms with Gasteiger partial charge < -0.3 is 20.9 Å². The summed E-state index contributed by atoms with van der Waals surface area (Å²) in [6.07, 6.45) is 1.07. The van der Waals surface area contributed by atoms with Crippen LogP contribution >= 0.6 is 0 Å². The van der Waals surface area contributed by atoms with Gasteiger partial charge in [0.1, 0.15) is 11.6 Å². The summed E-state index contributed by atoms with van der Waals surface area (Å²) in [6.45, 7) is 5.50. The average molecular weight is 525 g/mol. The van der Waals surface area contributed by atoms with Crippen LogP contribution in [0.2, 0.25) is 0 Å². The zero-order valence-electron chi connectivity index (χ0n) is 22.6. The molecule has 0 saturated carbocycles. The van der Waals surface area contributed by atoms with E-state index in [1.54, 1.807) is 0 Å². The normalized spacial score (nSPS) is 14.1. The van der Waals surface area contributed by atoms with Gasteiger partial charge in [0.15, 0.2) is 0 Å².